The number of benzene rings is 1. The largest absolute Gasteiger partial charge is 0.478 e. The van der Waals surface area contributed by atoms with Crippen molar-refractivity contribution in [1.29, 1.82) is 0 Å². The minimum Gasteiger partial charge on any atom is -0.478 e. The summed E-state index contributed by atoms with van der Waals surface area (Å²) in [5.74, 6) is 2.47. The second-order valence-corrected chi connectivity index (χ2v) is 15.1. The van der Waals surface area contributed by atoms with Crippen LogP contribution in [0.15, 0.2) is 16.7 Å². The Morgan fingerprint density at radius 3 is 2.59 bits per heavy atom. The van der Waals surface area contributed by atoms with Gasteiger partial charge in [0.05, 0.1) is 28.7 Å². The van der Waals surface area contributed by atoms with E-state index in [1.54, 1.807) is 0 Å². The maximum Gasteiger partial charge on any atom is 0.335 e. The SMILES string of the molecule is CC1C(c2noc(C3CC3)c2COC2CC3CCC(C2)N3c2nc3c(F)cc(C(=O)O)cc3s2)CC2CC1C2(C)C. The second-order valence-electron chi connectivity index (χ2n) is 14.0. The molecule has 0 spiro atoms. The number of carboxylic acid groups (broad SMARTS) is 1. The van der Waals surface area contributed by atoms with E-state index >= 15 is 0 Å². The molecular formula is C32H38FN3O4S. The van der Waals surface area contributed by atoms with Gasteiger partial charge in [-0.2, -0.15) is 0 Å². The van der Waals surface area contributed by atoms with Crippen molar-refractivity contribution in [3.63, 3.8) is 0 Å². The molecular weight excluding hydrogens is 541 g/mol. The Bertz CT molecular complexity index is 1510. The van der Waals surface area contributed by atoms with Crippen LogP contribution in [0.5, 0.6) is 0 Å². The average Bonchev–Trinajstić information content (AvgIpc) is 3.45. The van der Waals surface area contributed by atoms with E-state index in [2.05, 4.69) is 30.7 Å². The highest BCUT2D eigenvalue weighted by molar-refractivity contribution is 7.22. The van der Waals surface area contributed by atoms with E-state index in [0.29, 0.717) is 46.6 Å². The van der Waals surface area contributed by atoms with E-state index in [1.807, 2.05) is 0 Å². The Morgan fingerprint density at radius 1 is 1.17 bits per heavy atom. The molecule has 4 bridgehead atoms. The summed E-state index contributed by atoms with van der Waals surface area (Å²) in [4.78, 5) is 18.4. The van der Waals surface area contributed by atoms with Gasteiger partial charge in [-0.3, -0.25) is 0 Å². The number of nitrogens with zero attached hydrogens (tertiary/aromatic N) is 3. The zero-order valence-electron chi connectivity index (χ0n) is 23.9. The van der Waals surface area contributed by atoms with Crippen LogP contribution in [-0.4, -0.2) is 39.4 Å². The van der Waals surface area contributed by atoms with Crippen molar-refractivity contribution in [2.24, 2.45) is 23.2 Å². The molecule has 218 valence electrons. The standard InChI is InChI=1S/C32H38FN3O4S/c1-15-22(10-18-11-24(15)32(18,2)3)27-23(29(40-35-27)16-4-5-16)14-39-21-12-19-6-7-20(13-21)36(19)31-34-28-25(33)8-17(30(37)38)9-26(28)41-31/h8-9,15-16,18-22,24H,4-7,10-14H2,1-3H3,(H,37,38). The average molecular weight is 580 g/mol. The molecule has 4 heterocycles. The van der Waals surface area contributed by atoms with Crippen LogP contribution < -0.4 is 4.90 Å². The van der Waals surface area contributed by atoms with Crippen molar-refractivity contribution in [3.05, 3.63) is 40.5 Å². The molecule has 4 aliphatic carbocycles. The van der Waals surface area contributed by atoms with E-state index in [1.165, 1.54) is 54.3 Å². The number of rotatable bonds is 7. The van der Waals surface area contributed by atoms with Crippen molar-refractivity contribution in [2.75, 3.05) is 4.90 Å². The smallest absolute Gasteiger partial charge is 0.335 e. The van der Waals surface area contributed by atoms with Crippen LogP contribution in [-0.2, 0) is 11.3 Å². The van der Waals surface area contributed by atoms with Crippen LogP contribution in [0, 0.1) is 29.0 Å². The monoisotopic (exact) mass is 579 g/mol. The second kappa shape index (κ2) is 9.24. The highest BCUT2D eigenvalue weighted by Gasteiger charge is 2.57. The number of aromatic carboxylic acids is 1. The summed E-state index contributed by atoms with van der Waals surface area (Å²) in [6.45, 7) is 7.88. The molecule has 9 heteroatoms. The summed E-state index contributed by atoms with van der Waals surface area (Å²) < 4.78 is 28.0. The predicted octanol–water partition coefficient (Wildman–Crippen LogP) is 7.50. The minimum atomic E-state index is -1.13. The number of carboxylic acids is 1. The molecule has 4 saturated carbocycles. The van der Waals surface area contributed by atoms with Gasteiger partial charge in [0.25, 0.3) is 0 Å². The number of ether oxygens (including phenoxy) is 1. The van der Waals surface area contributed by atoms with Crippen molar-refractivity contribution in [1.82, 2.24) is 10.1 Å². The summed E-state index contributed by atoms with van der Waals surface area (Å²) in [7, 11) is 0. The molecule has 6 aliphatic rings. The fourth-order valence-electron chi connectivity index (χ4n) is 8.94. The molecule has 2 saturated heterocycles. The van der Waals surface area contributed by atoms with Gasteiger partial charge < -0.3 is 19.3 Å². The first-order valence-electron chi connectivity index (χ1n) is 15.4. The number of halogens is 1. The first kappa shape index (κ1) is 26.1. The molecule has 1 N–H and O–H groups in total. The van der Waals surface area contributed by atoms with Crippen LogP contribution in [0.4, 0.5) is 9.52 Å². The van der Waals surface area contributed by atoms with Crippen LogP contribution in [0.3, 0.4) is 0 Å². The molecule has 6 atom stereocenters. The van der Waals surface area contributed by atoms with Gasteiger partial charge in [0, 0.05) is 29.5 Å². The highest BCUT2D eigenvalue weighted by atomic mass is 32.1. The number of thiazole rings is 1. The molecule has 6 unspecified atom stereocenters. The third-order valence-electron chi connectivity index (χ3n) is 11.6. The van der Waals surface area contributed by atoms with Crippen molar-refractivity contribution in [3.8, 4) is 0 Å². The Balaban J connectivity index is 0.993. The lowest BCUT2D eigenvalue weighted by Crippen LogP contribution is -2.54. The van der Waals surface area contributed by atoms with Gasteiger partial charge in [-0.05, 0) is 86.7 Å². The van der Waals surface area contributed by atoms with Crippen LogP contribution in [0.25, 0.3) is 10.2 Å². The van der Waals surface area contributed by atoms with E-state index < -0.39 is 11.8 Å². The first-order chi connectivity index (χ1) is 19.7. The van der Waals surface area contributed by atoms with E-state index in [0.717, 1.165) is 54.5 Å². The molecule has 1 aromatic carbocycles. The van der Waals surface area contributed by atoms with Crippen LogP contribution >= 0.6 is 11.3 Å². The van der Waals surface area contributed by atoms with Crippen LogP contribution in [0.1, 0.15) is 111 Å². The van der Waals surface area contributed by atoms with Gasteiger partial charge in [0.15, 0.2) is 10.9 Å². The number of hydrogen-bond acceptors (Lipinski definition) is 7. The lowest BCUT2D eigenvalue weighted by atomic mass is 9.43. The summed E-state index contributed by atoms with van der Waals surface area (Å²) in [6, 6.07) is 3.18. The lowest BCUT2D eigenvalue weighted by molar-refractivity contribution is -0.111. The molecule has 0 radical (unpaired) electrons. The summed E-state index contributed by atoms with van der Waals surface area (Å²) in [5.41, 5.74) is 3.06. The van der Waals surface area contributed by atoms with Gasteiger partial charge in [0.2, 0.25) is 0 Å². The fraction of sp³-hybridized carbons (Fsp3) is 0.656. The number of fused-ring (bicyclic) bond motifs is 5. The topological polar surface area (TPSA) is 88.7 Å². The first-order valence-corrected chi connectivity index (χ1v) is 16.2. The third kappa shape index (κ3) is 4.08. The molecule has 41 heavy (non-hydrogen) atoms. The van der Waals surface area contributed by atoms with Crippen molar-refractivity contribution < 1.29 is 23.6 Å². The van der Waals surface area contributed by atoms with Gasteiger partial charge in [-0.15, -0.1) is 0 Å². The van der Waals surface area contributed by atoms with E-state index in [9.17, 15) is 14.3 Å². The van der Waals surface area contributed by atoms with Crippen LogP contribution in [0.2, 0.25) is 0 Å². The molecule has 2 aromatic heterocycles. The lowest BCUT2D eigenvalue weighted by Gasteiger charge is -2.62. The Kier molecular flexibility index (Phi) is 5.89. The number of carbonyl (C=O) groups is 1. The quantitative estimate of drug-likeness (QED) is 0.310. The van der Waals surface area contributed by atoms with Gasteiger partial charge >= 0.3 is 5.97 Å². The number of piperidine rings is 1. The molecule has 9 rings (SSSR count). The fourth-order valence-corrected chi connectivity index (χ4v) is 10.1. The summed E-state index contributed by atoms with van der Waals surface area (Å²) >= 11 is 1.39. The van der Waals surface area contributed by atoms with Crippen molar-refractivity contribution >= 4 is 32.7 Å². The van der Waals surface area contributed by atoms with E-state index in [-0.39, 0.29) is 17.2 Å². The molecule has 0 amide bonds. The van der Waals surface area contributed by atoms with Crippen molar-refractivity contribution in [2.45, 2.75) is 109 Å². The van der Waals surface area contributed by atoms with Gasteiger partial charge in [-0.1, -0.05) is 37.3 Å². The zero-order chi connectivity index (χ0) is 28.2. The normalized spacial score (nSPS) is 33.8. The number of aromatic nitrogens is 2. The number of anilines is 1. The maximum atomic E-state index is 14.7. The summed E-state index contributed by atoms with van der Waals surface area (Å²) in [5, 5.41) is 14.8. The molecule has 2 aliphatic heterocycles. The Morgan fingerprint density at radius 2 is 1.93 bits per heavy atom. The minimum absolute atomic E-state index is 0.0395. The van der Waals surface area contributed by atoms with Gasteiger partial charge in [0.1, 0.15) is 11.3 Å². The predicted molar refractivity (Wildman–Crippen MR) is 154 cm³/mol. The Hall–Kier alpha value is -2.52. The third-order valence-corrected chi connectivity index (χ3v) is 12.6. The van der Waals surface area contributed by atoms with E-state index in [4.69, 9.17) is 14.4 Å². The summed E-state index contributed by atoms with van der Waals surface area (Å²) in [6.07, 6.45) is 9.01. The molecule has 7 nitrogen and oxygen atoms in total. The number of hydrogen-bond donors (Lipinski definition) is 1. The van der Waals surface area contributed by atoms with Gasteiger partial charge in [-0.25, -0.2) is 14.2 Å². The maximum absolute atomic E-state index is 14.7. The highest BCUT2D eigenvalue weighted by Crippen LogP contribution is 2.65. The zero-order valence-corrected chi connectivity index (χ0v) is 24.8. The molecule has 6 fully saturated rings. The Labute approximate surface area is 243 Å². The molecule has 3 aromatic rings.